The normalized spacial score (nSPS) is 40.9. The lowest BCUT2D eigenvalue weighted by molar-refractivity contribution is 0.00152. The Labute approximate surface area is 99.7 Å². The maximum Gasteiger partial charge on any atom is 0.0574 e. The zero-order chi connectivity index (χ0) is 11.4. The van der Waals surface area contributed by atoms with Gasteiger partial charge in [0.25, 0.3) is 0 Å². The summed E-state index contributed by atoms with van der Waals surface area (Å²) in [7, 11) is 3.73. The Morgan fingerprint density at radius 2 is 1.12 bits per heavy atom. The molecule has 0 heterocycles. The van der Waals surface area contributed by atoms with E-state index in [1.807, 2.05) is 14.2 Å². The Morgan fingerprint density at radius 3 is 1.50 bits per heavy atom. The lowest BCUT2D eigenvalue weighted by atomic mass is 9.72. The third-order valence-electron chi connectivity index (χ3n) is 4.67. The van der Waals surface area contributed by atoms with Crippen molar-refractivity contribution in [1.29, 1.82) is 0 Å². The van der Waals surface area contributed by atoms with Gasteiger partial charge in [0.1, 0.15) is 0 Å². The summed E-state index contributed by atoms with van der Waals surface area (Å²) in [6.07, 6.45) is 11.7. The average Bonchev–Trinajstić information content (AvgIpc) is 2.39. The Kier molecular flexibility index (Phi) is 4.66. The zero-order valence-corrected chi connectivity index (χ0v) is 10.8. The van der Waals surface area contributed by atoms with E-state index in [0.29, 0.717) is 12.2 Å². The van der Waals surface area contributed by atoms with Gasteiger partial charge in [-0.3, -0.25) is 0 Å². The molecule has 0 aliphatic heterocycles. The summed E-state index contributed by atoms with van der Waals surface area (Å²) in [4.78, 5) is 0. The maximum atomic E-state index is 5.53. The summed E-state index contributed by atoms with van der Waals surface area (Å²) >= 11 is 0. The highest BCUT2D eigenvalue weighted by atomic mass is 16.5. The molecule has 0 N–H and O–H groups in total. The number of hydrogen-bond acceptors (Lipinski definition) is 2. The third kappa shape index (κ3) is 2.98. The SMILES string of the molecule is COC1CCCC(C2CCCC(OC)C2)C1. The monoisotopic (exact) mass is 226 g/mol. The molecule has 2 heteroatoms. The molecular formula is C14H26O2. The summed E-state index contributed by atoms with van der Waals surface area (Å²) in [5.41, 5.74) is 0. The van der Waals surface area contributed by atoms with Crippen LogP contribution in [0.15, 0.2) is 0 Å². The van der Waals surface area contributed by atoms with Crippen molar-refractivity contribution >= 4 is 0 Å². The second kappa shape index (κ2) is 6.02. The van der Waals surface area contributed by atoms with Crippen LogP contribution in [-0.4, -0.2) is 26.4 Å². The van der Waals surface area contributed by atoms with Gasteiger partial charge in [0.2, 0.25) is 0 Å². The Bertz CT molecular complexity index is 183. The number of methoxy groups -OCH3 is 2. The van der Waals surface area contributed by atoms with Crippen molar-refractivity contribution in [3.8, 4) is 0 Å². The smallest absolute Gasteiger partial charge is 0.0574 e. The molecule has 0 amide bonds. The molecule has 0 aromatic heterocycles. The van der Waals surface area contributed by atoms with E-state index < -0.39 is 0 Å². The molecule has 16 heavy (non-hydrogen) atoms. The minimum absolute atomic E-state index is 0.529. The van der Waals surface area contributed by atoms with Gasteiger partial charge >= 0.3 is 0 Å². The second-order valence-electron chi connectivity index (χ2n) is 5.57. The fourth-order valence-corrected chi connectivity index (χ4v) is 3.65. The third-order valence-corrected chi connectivity index (χ3v) is 4.67. The van der Waals surface area contributed by atoms with Crippen LogP contribution in [0.2, 0.25) is 0 Å². The van der Waals surface area contributed by atoms with E-state index in [-0.39, 0.29) is 0 Å². The number of ether oxygens (including phenoxy) is 2. The van der Waals surface area contributed by atoms with E-state index in [1.165, 1.54) is 51.4 Å². The van der Waals surface area contributed by atoms with E-state index >= 15 is 0 Å². The van der Waals surface area contributed by atoms with E-state index in [1.54, 1.807) is 0 Å². The van der Waals surface area contributed by atoms with Crippen molar-refractivity contribution in [3.63, 3.8) is 0 Å². The summed E-state index contributed by atoms with van der Waals surface area (Å²) < 4.78 is 11.1. The second-order valence-corrected chi connectivity index (χ2v) is 5.57. The first kappa shape index (κ1) is 12.4. The molecule has 2 rings (SSSR count). The molecule has 4 atom stereocenters. The first-order valence-electron chi connectivity index (χ1n) is 6.89. The molecule has 4 unspecified atom stereocenters. The first-order chi connectivity index (χ1) is 7.83. The van der Waals surface area contributed by atoms with Crippen LogP contribution in [0.5, 0.6) is 0 Å². The average molecular weight is 226 g/mol. The predicted octanol–water partition coefficient (Wildman–Crippen LogP) is 3.40. The molecular weight excluding hydrogens is 200 g/mol. The van der Waals surface area contributed by atoms with Crippen LogP contribution in [0.3, 0.4) is 0 Å². The van der Waals surface area contributed by atoms with Crippen LogP contribution in [0, 0.1) is 11.8 Å². The molecule has 0 saturated heterocycles. The number of rotatable bonds is 3. The molecule has 0 bridgehead atoms. The molecule has 2 saturated carbocycles. The van der Waals surface area contributed by atoms with Gasteiger partial charge < -0.3 is 9.47 Å². The molecule has 2 fully saturated rings. The van der Waals surface area contributed by atoms with Crippen molar-refractivity contribution in [2.24, 2.45) is 11.8 Å². The molecule has 0 aromatic rings. The van der Waals surface area contributed by atoms with Crippen molar-refractivity contribution in [2.75, 3.05) is 14.2 Å². The van der Waals surface area contributed by atoms with Gasteiger partial charge in [-0.15, -0.1) is 0 Å². The van der Waals surface area contributed by atoms with Crippen LogP contribution in [-0.2, 0) is 9.47 Å². The van der Waals surface area contributed by atoms with Gasteiger partial charge in [0, 0.05) is 14.2 Å². The zero-order valence-electron chi connectivity index (χ0n) is 10.8. The summed E-state index contributed by atoms with van der Waals surface area (Å²) in [5.74, 6) is 1.80. The van der Waals surface area contributed by atoms with Gasteiger partial charge in [-0.1, -0.05) is 12.8 Å². The van der Waals surface area contributed by atoms with Crippen LogP contribution in [0.1, 0.15) is 51.4 Å². The van der Waals surface area contributed by atoms with Gasteiger partial charge in [-0.05, 0) is 50.4 Å². The summed E-state index contributed by atoms with van der Waals surface area (Å²) in [6, 6.07) is 0. The Morgan fingerprint density at radius 1 is 0.688 bits per heavy atom. The van der Waals surface area contributed by atoms with E-state index in [0.717, 1.165) is 11.8 Å². The van der Waals surface area contributed by atoms with E-state index in [4.69, 9.17) is 9.47 Å². The predicted molar refractivity (Wildman–Crippen MR) is 65.5 cm³/mol. The fraction of sp³-hybridized carbons (Fsp3) is 1.00. The van der Waals surface area contributed by atoms with Crippen molar-refractivity contribution in [3.05, 3.63) is 0 Å². The molecule has 0 radical (unpaired) electrons. The fourth-order valence-electron chi connectivity index (χ4n) is 3.65. The molecule has 94 valence electrons. The topological polar surface area (TPSA) is 18.5 Å². The van der Waals surface area contributed by atoms with Gasteiger partial charge in [-0.2, -0.15) is 0 Å². The molecule has 0 aromatic carbocycles. The van der Waals surface area contributed by atoms with Crippen LogP contribution in [0.4, 0.5) is 0 Å². The van der Waals surface area contributed by atoms with Crippen LogP contribution >= 0.6 is 0 Å². The van der Waals surface area contributed by atoms with Crippen molar-refractivity contribution in [2.45, 2.75) is 63.6 Å². The quantitative estimate of drug-likeness (QED) is 0.734. The first-order valence-corrected chi connectivity index (χ1v) is 6.89. The minimum atomic E-state index is 0.529. The molecule has 2 nitrogen and oxygen atoms in total. The van der Waals surface area contributed by atoms with Crippen molar-refractivity contribution in [1.82, 2.24) is 0 Å². The molecule has 0 spiro atoms. The highest BCUT2D eigenvalue weighted by Crippen LogP contribution is 2.39. The minimum Gasteiger partial charge on any atom is -0.381 e. The maximum absolute atomic E-state index is 5.53. The lowest BCUT2D eigenvalue weighted by Crippen LogP contribution is -2.32. The molecule has 2 aliphatic carbocycles. The van der Waals surface area contributed by atoms with Gasteiger partial charge in [0.05, 0.1) is 12.2 Å². The highest BCUT2D eigenvalue weighted by molar-refractivity contribution is 4.83. The lowest BCUT2D eigenvalue weighted by Gasteiger charge is -2.38. The standard InChI is InChI=1S/C14H26O2/c1-15-13-7-3-5-11(9-13)12-6-4-8-14(10-12)16-2/h11-14H,3-10H2,1-2H3. The Hall–Kier alpha value is -0.0800. The van der Waals surface area contributed by atoms with E-state index in [9.17, 15) is 0 Å². The molecule has 2 aliphatic rings. The van der Waals surface area contributed by atoms with E-state index in [2.05, 4.69) is 0 Å². The van der Waals surface area contributed by atoms with Crippen LogP contribution < -0.4 is 0 Å². The largest absolute Gasteiger partial charge is 0.381 e. The Balaban J connectivity index is 1.85. The van der Waals surface area contributed by atoms with Crippen molar-refractivity contribution < 1.29 is 9.47 Å². The number of hydrogen-bond donors (Lipinski definition) is 0. The highest BCUT2D eigenvalue weighted by Gasteiger charge is 2.32. The van der Waals surface area contributed by atoms with Gasteiger partial charge in [-0.25, -0.2) is 0 Å². The van der Waals surface area contributed by atoms with Gasteiger partial charge in [0.15, 0.2) is 0 Å². The summed E-state index contributed by atoms with van der Waals surface area (Å²) in [5, 5.41) is 0. The van der Waals surface area contributed by atoms with Crippen LogP contribution in [0.25, 0.3) is 0 Å². The summed E-state index contributed by atoms with van der Waals surface area (Å²) in [6.45, 7) is 0.